The van der Waals surface area contributed by atoms with Crippen molar-refractivity contribution in [1.82, 2.24) is 9.88 Å². The molecule has 1 saturated heterocycles. The highest BCUT2D eigenvalue weighted by Crippen LogP contribution is 2.46. The SMILES string of the molecule is CN1CCC([C@H]2c3ncc(Br)cc3CCc3cc(Cl)cc(Br)c32)CC1.COc1ccc2c(c1)CC(CC=O)C2=O. The van der Waals surface area contributed by atoms with E-state index in [0.29, 0.717) is 24.7 Å². The summed E-state index contributed by atoms with van der Waals surface area (Å²) >= 11 is 13.8. The highest BCUT2D eigenvalue weighted by atomic mass is 79.9. The van der Waals surface area contributed by atoms with Gasteiger partial charge in [-0.3, -0.25) is 9.78 Å². The van der Waals surface area contributed by atoms with E-state index in [1.54, 1.807) is 19.2 Å². The number of rotatable bonds is 4. The lowest BCUT2D eigenvalue weighted by molar-refractivity contribution is -0.108. The van der Waals surface area contributed by atoms with Gasteiger partial charge in [-0.15, -0.1) is 0 Å². The lowest BCUT2D eigenvalue weighted by Gasteiger charge is -2.35. The number of ketones is 1. The quantitative estimate of drug-likeness (QED) is 0.266. The second-order valence-electron chi connectivity index (χ2n) is 11.0. The Bertz CT molecular complexity index is 1420. The normalized spacial score (nSPS) is 20.5. The van der Waals surface area contributed by atoms with Crippen molar-refractivity contribution in [3.05, 3.63) is 90.1 Å². The number of halogens is 3. The fraction of sp³-hybridized carbons (Fsp3) is 0.406. The van der Waals surface area contributed by atoms with Gasteiger partial charge in [0.15, 0.2) is 5.78 Å². The molecule has 6 rings (SSSR count). The molecule has 2 atom stereocenters. The summed E-state index contributed by atoms with van der Waals surface area (Å²) in [5, 5.41) is 0.813. The molecule has 0 saturated carbocycles. The molecule has 0 bridgehead atoms. The summed E-state index contributed by atoms with van der Waals surface area (Å²) in [6.45, 7) is 2.32. The number of pyridine rings is 1. The van der Waals surface area contributed by atoms with Gasteiger partial charge < -0.3 is 14.4 Å². The van der Waals surface area contributed by atoms with Crippen LogP contribution in [0.1, 0.15) is 63.5 Å². The summed E-state index contributed by atoms with van der Waals surface area (Å²) in [7, 11) is 3.82. The number of hydrogen-bond acceptors (Lipinski definition) is 5. The van der Waals surface area contributed by atoms with Crippen LogP contribution in [0.15, 0.2) is 51.5 Å². The first-order valence-electron chi connectivity index (χ1n) is 13.7. The van der Waals surface area contributed by atoms with E-state index < -0.39 is 0 Å². The molecule has 5 nitrogen and oxygen atoms in total. The van der Waals surface area contributed by atoms with E-state index in [-0.39, 0.29) is 11.7 Å². The summed E-state index contributed by atoms with van der Waals surface area (Å²) < 4.78 is 7.29. The van der Waals surface area contributed by atoms with Crippen LogP contribution in [-0.2, 0) is 24.1 Å². The predicted molar refractivity (Wildman–Crippen MR) is 166 cm³/mol. The van der Waals surface area contributed by atoms with Gasteiger partial charge in [0, 0.05) is 44.0 Å². The van der Waals surface area contributed by atoms with Crippen LogP contribution in [-0.4, -0.2) is 49.2 Å². The molecule has 0 spiro atoms. The monoisotopic (exact) mass is 686 g/mol. The molecule has 210 valence electrons. The average Bonchev–Trinajstić information content (AvgIpc) is 3.15. The highest BCUT2D eigenvalue weighted by Gasteiger charge is 2.35. The number of carbonyl (C=O) groups excluding carboxylic acids is 2. The van der Waals surface area contributed by atoms with Crippen molar-refractivity contribution >= 4 is 55.5 Å². The third-order valence-electron chi connectivity index (χ3n) is 8.45. The third-order valence-corrected chi connectivity index (χ3v) is 9.76. The molecule has 3 aliphatic rings. The fourth-order valence-electron chi connectivity index (χ4n) is 6.38. The van der Waals surface area contributed by atoms with Crippen molar-refractivity contribution in [2.24, 2.45) is 11.8 Å². The third kappa shape index (κ3) is 6.23. The van der Waals surface area contributed by atoms with Crippen LogP contribution in [0.25, 0.3) is 0 Å². The van der Waals surface area contributed by atoms with Gasteiger partial charge in [-0.1, -0.05) is 27.5 Å². The second kappa shape index (κ2) is 12.8. The molecule has 8 heteroatoms. The Labute approximate surface area is 257 Å². The molecule has 0 N–H and O–H groups in total. The van der Waals surface area contributed by atoms with Crippen LogP contribution >= 0.6 is 43.5 Å². The molecule has 1 aliphatic heterocycles. The van der Waals surface area contributed by atoms with E-state index in [2.05, 4.69) is 55.9 Å². The summed E-state index contributed by atoms with van der Waals surface area (Å²) in [5.74, 6) is 1.65. The number of aryl methyl sites for hydroxylation is 2. The van der Waals surface area contributed by atoms with Crippen LogP contribution in [0.2, 0.25) is 5.02 Å². The van der Waals surface area contributed by atoms with E-state index >= 15 is 0 Å². The molecule has 2 aromatic carbocycles. The van der Waals surface area contributed by atoms with E-state index in [4.69, 9.17) is 21.3 Å². The van der Waals surface area contributed by atoms with Crippen molar-refractivity contribution in [3.63, 3.8) is 0 Å². The summed E-state index contributed by atoms with van der Waals surface area (Å²) in [6.07, 6.45) is 8.20. The Kier molecular flexibility index (Phi) is 9.45. The molecule has 1 fully saturated rings. The van der Waals surface area contributed by atoms with Gasteiger partial charge in [-0.2, -0.15) is 0 Å². The number of Topliss-reactive ketones (excluding diaryl/α,β-unsaturated/α-hetero) is 1. The molecule has 40 heavy (non-hydrogen) atoms. The lowest BCUT2D eigenvalue weighted by Crippen LogP contribution is -2.33. The first-order valence-corrected chi connectivity index (χ1v) is 15.7. The summed E-state index contributed by atoms with van der Waals surface area (Å²) in [4.78, 5) is 29.5. The molecule has 0 radical (unpaired) electrons. The Balaban J connectivity index is 0.000000184. The van der Waals surface area contributed by atoms with Crippen LogP contribution in [0.3, 0.4) is 0 Å². The predicted octanol–water partition coefficient (Wildman–Crippen LogP) is 7.47. The van der Waals surface area contributed by atoms with Gasteiger partial charge in [0.2, 0.25) is 0 Å². The number of hydrogen-bond donors (Lipinski definition) is 0. The van der Waals surface area contributed by atoms with E-state index in [0.717, 1.165) is 63.1 Å². The van der Waals surface area contributed by atoms with Gasteiger partial charge in [0.05, 0.1) is 12.8 Å². The van der Waals surface area contributed by atoms with Gasteiger partial charge in [0.25, 0.3) is 0 Å². The minimum atomic E-state index is -0.162. The summed E-state index contributed by atoms with van der Waals surface area (Å²) in [5.41, 5.74) is 7.15. The van der Waals surface area contributed by atoms with Crippen molar-refractivity contribution in [2.75, 3.05) is 27.2 Å². The first-order chi connectivity index (χ1) is 19.3. The zero-order valence-corrected chi connectivity index (χ0v) is 26.7. The molecule has 1 aromatic heterocycles. The zero-order valence-electron chi connectivity index (χ0n) is 22.8. The Morgan fingerprint density at radius 1 is 1.07 bits per heavy atom. The largest absolute Gasteiger partial charge is 0.497 e. The topological polar surface area (TPSA) is 59.5 Å². The van der Waals surface area contributed by atoms with Gasteiger partial charge in [-0.25, -0.2) is 0 Å². The number of aromatic nitrogens is 1. The number of methoxy groups -OCH3 is 1. The molecular weight excluding hydrogens is 656 g/mol. The molecule has 3 aromatic rings. The van der Waals surface area contributed by atoms with Gasteiger partial charge >= 0.3 is 0 Å². The Hall–Kier alpha value is -2.06. The standard InChI is InChI=1S/C20H21Br2ClN2.C12H12O3/c1-25-6-4-12(5-7-25)19-18-13(9-16(23)10-17(18)22)2-3-14-8-15(21)11-24-20(14)19;1-15-10-2-3-11-9(7-10)6-8(4-5-13)12(11)14/h8-12,19H,2-7H2,1H3;2-3,5,7-8H,4,6H2,1H3/t19-;/m1./s1. The number of nitrogens with zero attached hydrogens (tertiary/aromatic N) is 2. The number of benzene rings is 2. The summed E-state index contributed by atoms with van der Waals surface area (Å²) in [6, 6.07) is 11.9. The maximum Gasteiger partial charge on any atom is 0.166 e. The van der Waals surface area contributed by atoms with Crippen LogP contribution in [0.4, 0.5) is 0 Å². The molecule has 0 amide bonds. The van der Waals surface area contributed by atoms with Crippen molar-refractivity contribution < 1.29 is 14.3 Å². The maximum absolute atomic E-state index is 11.8. The van der Waals surface area contributed by atoms with Crippen molar-refractivity contribution in [1.29, 1.82) is 0 Å². The molecule has 1 unspecified atom stereocenters. The van der Waals surface area contributed by atoms with E-state index in [9.17, 15) is 9.59 Å². The number of likely N-dealkylation sites (tertiary alicyclic amines) is 1. The number of aldehydes is 1. The number of carbonyl (C=O) groups is 2. The molecule has 2 aliphatic carbocycles. The van der Waals surface area contributed by atoms with Crippen LogP contribution < -0.4 is 4.74 Å². The minimum absolute atomic E-state index is 0.0831. The fourth-order valence-corrected chi connectivity index (χ4v) is 7.88. The van der Waals surface area contributed by atoms with E-state index in [1.165, 1.54) is 35.2 Å². The lowest BCUT2D eigenvalue weighted by atomic mass is 9.76. The van der Waals surface area contributed by atoms with Crippen LogP contribution in [0.5, 0.6) is 5.75 Å². The van der Waals surface area contributed by atoms with E-state index in [1.807, 2.05) is 18.3 Å². The second-order valence-corrected chi connectivity index (χ2v) is 13.2. The van der Waals surface area contributed by atoms with Gasteiger partial charge in [-0.05, 0) is 133 Å². The number of fused-ring (bicyclic) bond motifs is 3. The van der Waals surface area contributed by atoms with Crippen molar-refractivity contribution in [2.45, 2.75) is 44.4 Å². The highest BCUT2D eigenvalue weighted by molar-refractivity contribution is 9.10. The smallest absolute Gasteiger partial charge is 0.166 e. The number of piperidine rings is 1. The van der Waals surface area contributed by atoms with Gasteiger partial charge in [0.1, 0.15) is 12.0 Å². The Morgan fingerprint density at radius 2 is 1.82 bits per heavy atom. The molecular formula is C32H33Br2ClN2O3. The Morgan fingerprint density at radius 3 is 2.55 bits per heavy atom. The van der Waals surface area contributed by atoms with Crippen molar-refractivity contribution in [3.8, 4) is 5.75 Å². The number of ether oxygens (including phenoxy) is 1. The maximum atomic E-state index is 11.8. The zero-order chi connectivity index (χ0) is 28.4. The minimum Gasteiger partial charge on any atom is -0.497 e. The first kappa shape index (κ1) is 29.4. The van der Waals surface area contributed by atoms with Crippen LogP contribution in [0, 0.1) is 11.8 Å². The average molecular weight is 689 g/mol. The molecule has 2 heterocycles.